The van der Waals surface area contributed by atoms with Crippen LogP contribution in [0.3, 0.4) is 0 Å². The van der Waals surface area contributed by atoms with E-state index < -0.39 is 5.41 Å². The van der Waals surface area contributed by atoms with Crippen LogP contribution in [-0.2, 0) is 16.2 Å². The van der Waals surface area contributed by atoms with Gasteiger partial charge in [0, 0.05) is 67.8 Å². The van der Waals surface area contributed by atoms with Gasteiger partial charge in [0.1, 0.15) is 0 Å². The average molecular weight is 1730 g/mol. The highest BCUT2D eigenvalue weighted by atomic mass is 32.1. The summed E-state index contributed by atoms with van der Waals surface area (Å²) in [5, 5.41) is 7.43. The van der Waals surface area contributed by atoms with Crippen LogP contribution in [0.5, 0.6) is 0 Å². The van der Waals surface area contributed by atoms with Gasteiger partial charge in [0.05, 0.1) is 44.2 Å². The fraction of sp³-hybridized carbons (Fsp3) is 0.0240. The van der Waals surface area contributed by atoms with E-state index >= 15 is 0 Å². The number of para-hydroxylation sites is 3. The number of rotatable bonds is 6. The van der Waals surface area contributed by atoms with E-state index in [9.17, 15) is 0 Å². The molecule has 0 bridgehead atoms. The number of pyridine rings is 2. The van der Waals surface area contributed by atoms with Crippen molar-refractivity contribution in [3.63, 3.8) is 0 Å². The lowest BCUT2D eigenvalue weighted by molar-refractivity contribution is 0.803. The molecule has 0 fully saturated rings. The molecule has 7 heteroatoms. The van der Waals surface area contributed by atoms with Crippen molar-refractivity contribution < 1.29 is 0 Å². The maximum Gasteiger partial charge on any atom is 0.159 e. The normalized spacial score (nSPS) is 15.1. The fourth-order valence-electron chi connectivity index (χ4n) is 23.8. The Morgan fingerprint density at radius 2 is 0.538 bits per heavy atom. The molecule has 3 spiro atoms. The average Bonchev–Trinajstić information content (AvgIpc) is 1.50. The van der Waals surface area contributed by atoms with Crippen LogP contribution < -0.4 is 0 Å². The molecule has 24 aromatic rings. The summed E-state index contributed by atoms with van der Waals surface area (Å²) in [6, 6.07) is 162. The van der Waals surface area contributed by atoms with Gasteiger partial charge in [0.25, 0.3) is 0 Å². The molecule has 6 heterocycles. The van der Waals surface area contributed by atoms with E-state index in [1.807, 2.05) is 52.3 Å². The molecule has 612 valence electrons. The molecule has 30 rings (SSSR count). The third kappa shape index (κ3) is 10.5. The summed E-state index contributed by atoms with van der Waals surface area (Å²) in [6.07, 6.45) is 1.94. The van der Waals surface area contributed by atoms with Gasteiger partial charge in [-0.2, -0.15) is 0 Å². The van der Waals surface area contributed by atoms with Gasteiger partial charge in [-0.15, -0.1) is 34.0 Å². The highest BCUT2D eigenvalue weighted by Gasteiger charge is 2.58. The van der Waals surface area contributed by atoms with E-state index in [2.05, 4.69) is 431 Å². The number of nitrogens with zero attached hydrogens (tertiary/aromatic N) is 4. The van der Waals surface area contributed by atoms with Crippen LogP contribution in [0.1, 0.15) is 66.8 Å². The van der Waals surface area contributed by atoms with Crippen LogP contribution in [0.4, 0.5) is 0 Å². The second-order valence-corrected chi connectivity index (χ2v) is 38.5. The Morgan fingerprint density at radius 3 is 1.10 bits per heavy atom. The first-order chi connectivity index (χ1) is 65.5. The van der Waals surface area contributed by atoms with E-state index in [0.29, 0.717) is 0 Å². The van der Waals surface area contributed by atoms with Crippen LogP contribution in [-0.4, -0.2) is 19.9 Å². The third-order valence-electron chi connectivity index (χ3n) is 28.9. The van der Waals surface area contributed by atoms with Crippen molar-refractivity contribution in [2.24, 2.45) is 0 Å². The van der Waals surface area contributed by atoms with E-state index in [4.69, 9.17) is 19.9 Å². The maximum absolute atomic E-state index is 5.45. The van der Waals surface area contributed by atoms with Gasteiger partial charge in [-0.3, -0.25) is 0 Å². The first kappa shape index (κ1) is 75.0. The lowest BCUT2D eigenvalue weighted by atomic mass is 9.68. The van der Waals surface area contributed by atoms with Gasteiger partial charge in [-0.25, -0.2) is 19.9 Å². The number of hydrogen-bond acceptors (Lipinski definition) is 7. The Hall–Kier alpha value is -16.0. The Labute approximate surface area is 774 Å². The largest absolute Gasteiger partial charge is 0.248 e. The minimum absolute atomic E-state index is 0.371. The van der Waals surface area contributed by atoms with Crippen molar-refractivity contribution in [3.8, 4) is 132 Å². The second-order valence-electron chi connectivity index (χ2n) is 35.4. The minimum atomic E-state index is -0.459. The molecule has 18 aromatic carbocycles. The third-order valence-corrected chi connectivity index (χ3v) is 32.5. The molecule has 4 nitrogen and oxygen atoms in total. The van der Waals surface area contributed by atoms with Gasteiger partial charge < -0.3 is 0 Å². The molecule has 0 amide bonds. The van der Waals surface area contributed by atoms with E-state index in [-0.39, 0.29) is 10.8 Å². The van der Waals surface area contributed by atoms with Gasteiger partial charge in [0.15, 0.2) is 5.82 Å². The van der Waals surface area contributed by atoms with E-state index in [0.717, 1.165) is 50.1 Å². The van der Waals surface area contributed by atoms with E-state index in [1.165, 1.54) is 212 Å². The topological polar surface area (TPSA) is 51.6 Å². The molecule has 6 aliphatic carbocycles. The maximum atomic E-state index is 5.45. The molecule has 132 heavy (non-hydrogen) atoms. The van der Waals surface area contributed by atoms with Crippen LogP contribution in [0.15, 0.2) is 449 Å². The zero-order valence-electron chi connectivity index (χ0n) is 71.2. The monoisotopic (exact) mass is 1730 g/mol. The van der Waals surface area contributed by atoms with Crippen molar-refractivity contribution >= 4 is 97.0 Å². The standard InChI is InChI=1S/C48H29NS.C42H25NS.C35H20N2S/c1-2-13-30(14-3-1)31-25-27-32(28-26-31)39-29-43(49-42-23-10-6-17-35(39)42)36-19-12-20-38-45(36)48(46-37-18-7-11-24-44(37)50-47(38)46)40-21-8-4-15-33(40)34-16-5-9-22-41(34)48;1-2-13-26(14-3-1)32-25-37(43-36-23-10-6-15-27(32)36)30-19-12-22-35-39(30)28-16-4-8-20-33(28)42(35)34-21-9-5-17-29(34)41-40(42)31-18-7-11-24-38(31)44-41;1-7-15-30-22(9-1)20-36-34(37-30)21-17-18-24-23-10-2-5-13-27(23)35(29(24)19-21)28-14-6-3-11-25(28)33-32(35)26-12-4-8-16-31(26)38-33/h1-29H;1-25H;1-20H. The number of aromatic nitrogens is 4. The first-order valence-corrected chi connectivity index (χ1v) is 47.7. The lowest BCUT2D eigenvalue weighted by Gasteiger charge is -2.32. The first-order valence-electron chi connectivity index (χ1n) is 45.3. The quantitative estimate of drug-likeness (QED) is 0.166. The van der Waals surface area contributed by atoms with Crippen molar-refractivity contribution in [1.29, 1.82) is 0 Å². The van der Waals surface area contributed by atoms with Crippen molar-refractivity contribution in [2.45, 2.75) is 16.2 Å². The summed E-state index contributed by atoms with van der Waals surface area (Å²) < 4.78 is 4.02. The van der Waals surface area contributed by atoms with Crippen molar-refractivity contribution in [1.82, 2.24) is 19.9 Å². The Bertz CT molecular complexity index is 8960. The van der Waals surface area contributed by atoms with Gasteiger partial charge in [-0.05, 0) is 221 Å². The summed E-state index contributed by atoms with van der Waals surface area (Å²) in [5.74, 6) is 0.763. The zero-order valence-corrected chi connectivity index (χ0v) is 73.7. The second kappa shape index (κ2) is 29.0. The smallest absolute Gasteiger partial charge is 0.159 e. The number of thiophene rings is 3. The van der Waals surface area contributed by atoms with Gasteiger partial charge in [0.2, 0.25) is 0 Å². The molecule has 0 saturated heterocycles. The van der Waals surface area contributed by atoms with Crippen LogP contribution >= 0.6 is 34.0 Å². The summed E-state index contributed by atoms with van der Waals surface area (Å²) in [6.45, 7) is 0. The predicted octanol–water partition coefficient (Wildman–Crippen LogP) is 32.8. The Balaban J connectivity index is 0.0000001000. The molecule has 0 aliphatic heterocycles. The zero-order chi connectivity index (χ0) is 86.5. The fourth-order valence-corrected chi connectivity index (χ4v) is 27.6. The molecule has 2 unspecified atom stereocenters. The van der Waals surface area contributed by atoms with Gasteiger partial charge in [-0.1, -0.05) is 388 Å². The molecule has 0 N–H and O–H groups in total. The minimum Gasteiger partial charge on any atom is -0.248 e. The van der Waals surface area contributed by atoms with Crippen LogP contribution in [0.2, 0.25) is 0 Å². The van der Waals surface area contributed by atoms with Crippen LogP contribution in [0.25, 0.3) is 195 Å². The molecule has 6 aliphatic rings. The Kier molecular flexibility index (Phi) is 16.5. The SMILES string of the molecule is c1ccc(-c2cc(-c3cccc4c3-c3ccccc3C43c4ccccc4-c4sc5ccccc5c43)nc3ccccc23)cc1.c1ccc(-c2ccc(-c3cc(-c4cccc5c4C4(c6ccccc6-c6ccccc64)c4c-5sc5ccccc45)nc4ccccc34)cc2)cc1.c1ccc2c(c1)-c1ccc(-c3ncc4ccccc4n3)cc1C21c2ccccc2-c2sc3ccccc3c21. The predicted molar refractivity (Wildman–Crippen MR) is 551 cm³/mol. The number of hydrogen-bond donors (Lipinski definition) is 0. The highest BCUT2D eigenvalue weighted by molar-refractivity contribution is 7.23. The summed E-state index contributed by atoms with van der Waals surface area (Å²) in [5.41, 5.74) is 42.8. The Morgan fingerprint density at radius 1 is 0.189 bits per heavy atom. The van der Waals surface area contributed by atoms with E-state index in [1.54, 1.807) is 0 Å². The lowest BCUT2D eigenvalue weighted by Crippen LogP contribution is -2.26. The summed E-state index contributed by atoms with van der Waals surface area (Å²) >= 11 is 5.77. The molecule has 2 atom stereocenters. The summed E-state index contributed by atoms with van der Waals surface area (Å²) in [4.78, 5) is 24.7. The highest BCUT2D eigenvalue weighted by Crippen LogP contribution is 2.71. The molecular weight excluding hydrogens is 1650 g/mol. The molecule has 0 radical (unpaired) electrons. The molecular formula is C125H74N4S3. The number of benzene rings is 18. The molecule has 0 saturated carbocycles. The van der Waals surface area contributed by atoms with Gasteiger partial charge >= 0.3 is 0 Å². The summed E-state index contributed by atoms with van der Waals surface area (Å²) in [7, 11) is 0. The van der Waals surface area contributed by atoms with Crippen LogP contribution in [0, 0.1) is 0 Å². The number of fused-ring (bicyclic) bond motifs is 39. The van der Waals surface area contributed by atoms with Crippen molar-refractivity contribution in [3.05, 3.63) is 516 Å². The molecule has 6 aromatic heterocycles. The van der Waals surface area contributed by atoms with Crippen molar-refractivity contribution in [2.75, 3.05) is 0 Å².